The molecule has 0 aliphatic heterocycles. The average Bonchev–Trinajstić information content (AvgIpc) is 2.01. The van der Waals surface area contributed by atoms with Gasteiger partial charge in [0.05, 0.1) is 6.54 Å². The van der Waals surface area contributed by atoms with Crippen molar-refractivity contribution in [1.29, 1.82) is 0 Å². The summed E-state index contributed by atoms with van der Waals surface area (Å²) in [6, 6.07) is 0. The summed E-state index contributed by atoms with van der Waals surface area (Å²) in [4.78, 5) is 13.3. The Bertz CT molecular complexity index is 194. The SMILES string of the molecule is C=CCNCC(=O)N(C)CC(C)(C)C. The van der Waals surface area contributed by atoms with Crippen molar-refractivity contribution in [2.24, 2.45) is 5.41 Å². The second-order valence-electron chi connectivity index (χ2n) is 4.73. The maximum atomic E-state index is 11.5. The fourth-order valence-electron chi connectivity index (χ4n) is 1.22. The van der Waals surface area contributed by atoms with Crippen LogP contribution >= 0.6 is 0 Å². The minimum absolute atomic E-state index is 0.127. The van der Waals surface area contributed by atoms with Gasteiger partial charge in [-0.2, -0.15) is 0 Å². The van der Waals surface area contributed by atoms with E-state index in [2.05, 4.69) is 32.7 Å². The Kier molecular flexibility index (Phi) is 5.46. The van der Waals surface area contributed by atoms with Crippen molar-refractivity contribution in [3.63, 3.8) is 0 Å². The number of nitrogens with zero attached hydrogens (tertiary/aromatic N) is 1. The zero-order chi connectivity index (χ0) is 11.2. The van der Waals surface area contributed by atoms with Gasteiger partial charge < -0.3 is 10.2 Å². The highest BCUT2D eigenvalue weighted by Gasteiger charge is 2.16. The van der Waals surface area contributed by atoms with E-state index >= 15 is 0 Å². The standard InChI is InChI=1S/C11H22N2O/c1-6-7-12-8-10(14)13(5)9-11(2,3)4/h6,12H,1,7-9H2,2-5H3. The molecule has 0 spiro atoms. The molecule has 0 saturated carbocycles. The van der Waals surface area contributed by atoms with Crippen LogP contribution in [0.3, 0.4) is 0 Å². The van der Waals surface area contributed by atoms with Crippen LogP contribution in [0, 0.1) is 5.41 Å². The van der Waals surface area contributed by atoms with Crippen molar-refractivity contribution in [2.45, 2.75) is 20.8 Å². The van der Waals surface area contributed by atoms with Crippen molar-refractivity contribution >= 4 is 5.91 Å². The Morgan fingerprint density at radius 2 is 2.07 bits per heavy atom. The highest BCUT2D eigenvalue weighted by atomic mass is 16.2. The summed E-state index contributed by atoms with van der Waals surface area (Å²) in [5.41, 5.74) is 0.156. The number of carbonyl (C=O) groups is 1. The van der Waals surface area contributed by atoms with Crippen LogP contribution < -0.4 is 5.32 Å². The van der Waals surface area contributed by atoms with Crippen molar-refractivity contribution in [3.8, 4) is 0 Å². The van der Waals surface area contributed by atoms with E-state index in [-0.39, 0.29) is 11.3 Å². The summed E-state index contributed by atoms with van der Waals surface area (Å²) in [6.07, 6.45) is 1.75. The predicted octanol–water partition coefficient (Wildman–Crippen LogP) is 1.27. The first-order valence-corrected chi connectivity index (χ1v) is 4.92. The van der Waals surface area contributed by atoms with Crippen LogP contribution in [0.25, 0.3) is 0 Å². The van der Waals surface area contributed by atoms with Crippen molar-refractivity contribution < 1.29 is 4.79 Å². The predicted molar refractivity (Wildman–Crippen MR) is 60.2 cm³/mol. The lowest BCUT2D eigenvalue weighted by molar-refractivity contribution is -0.130. The molecule has 3 heteroatoms. The Morgan fingerprint density at radius 3 is 2.50 bits per heavy atom. The first kappa shape index (κ1) is 13.2. The van der Waals surface area contributed by atoms with E-state index in [1.807, 2.05) is 7.05 Å². The van der Waals surface area contributed by atoms with Gasteiger partial charge in [0.25, 0.3) is 0 Å². The molecule has 82 valence electrons. The zero-order valence-electron chi connectivity index (χ0n) is 9.76. The summed E-state index contributed by atoms with van der Waals surface area (Å²) in [5.74, 6) is 0.127. The molecule has 0 heterocycles. The van der Waals surface area contributed by atoms with Gasteiger partial charge in [-0.3, -0.25) is 4.79 Å². The smallest absolute Gasteiger partial charge is 0.236 e. The molecule has 0 radical (unpaired) electrons. The minimum Gasteiger partial charge on any atom is -0.344 e. The van der Waals surface area contributed by atoms with Crippen LogP contribution in [0.1, 0.15) is 20.8 Å². The van der Waals surface area contributed by atoms with Gasteiger partial charge in [-0.05, 0) is 5.41 Å². The molecule has 0 aromatic rings. The highest BCUT2D eigenvalue weighted by Crippen LogP contribution is 2.13. The normalized spacial score (nSPS) is 11.1. The Balaban J connectivity index is 3.82. The van der Waals surface area contributed by atoms with E-state index < -0.39 is 0 Å². The van der Waals surface area contributed by atoms with Crippen LogP contribution in [0.4, 0.5) is 0 Å². The summed E-state index contributed by atoms with van der Waals surface area (Å²) in [5, 5.41) is 2.99. The summed E-state index contributed by atoms with van der Waals surface area (Å²) >= 11 is 0. The van der Waals surface area contributed by atoms with Gasteiger partial charge in [0.1, 0.15) is 0 Å². The molecule has 1 amide bonds. The number of amides is 1. The first-order chi connectivity index (χ1) is 6.37. The van der Waals surface area contributed by atoms with Gasteiger partial charge in [0.2, 0.25) is 5.91 Å². The van der Waals surface area contributed by atoms with Crippen LogP contribution in [0.2, 0.25) is 0 Å². The van der Waals surface area contributed by atoms with Crippen molar-refractivity contribution in [1.82, 2.24) is 10.2 Å². The molecule has 0 bridgehead atoms. The van der Waals surface area contributed by atoms with E-state index in [9.17, 15) is 4.79 Å². The van der Waals surface area contributed by atoms with Crippen LogP contribution in [0.5, 0.6) is 0 Å². The molecule has 0 rings (SSSR count). The van der Waals surface area contributed by atoms with E-state index in [0.29, 0.717) is 13.1 Å². The third-order valence-electron chi connectivity index (χ3n) is 1.70. The van der Waals surface area contributed by atoms with Crippen molar-refractivity contribution in [2.75, 3.05) is 26.7 Å². The summed E-state index contributed by atoms with van der Waals surface area (Å²) in [6.45, 7) is 11.8. The van der Waals surface area contributed by atoms with Gasteiger partial charge >= 0.3 is 0 Å². The average molecular weight is 198 g/mol. The lowest BCUT2D eigenvalue weighted by atomic mass is 9.96. The van der Waals surface area contributed by atoms with Gasteiger partial charge in [0.15, 0.2) is 0 Å². The Hall–Kier alpha value is -0.830. The minimum atomic E-state index is 0.127. The number of rotatable bonds is 5. The van der Waals surface area contributed by atoms with Gasteiger partial charge in [0, 0.05) is 20.1 Å². The van der Waals surface area contributed by atoms with E-state index in [4.69, 9.17) is 0 Å². The second kappa shape index (κ2) is 5.81. The largest absolute Gasteiger partial charge is 0.344 e. The molecule has 14 heavy (non-hydrogen) atoms. The molecular formula is C11H22N2O. The number of likely N-dealkylation sites (N-methyl/N-ethyl adjacent to an activating group) is 1. The molecule has 0 fully saturated rings. The van der Waals surface area contributed by atoms with Gasteiger partial charge in [-0.15, -0.1) is 6.58 Å². The van der Waals surface area contributed by atoms with E-state index in [1.165, 1.54) is 0 Å². The van der Waals surface area contributed by atoms with Gasteiger partial charge in [-0.1, -0.05) is 26.8 Å². The number of nitrogens with one attached hydrogen (secondary N) is 1. The lowest BCUT2D eigenvalue weighted by Gasteiger charge is -2.26. The van der Waals surface area contributed by atoms with Gasteiger partial charge in [-0.25, -0.2) is 0 Å². The molecule has 0 unspecified atom stereocenters. The molecule has 0 aromatic carbocycles. The molecule has 0 aromatic heterocycles. The lowest BCUT2D eigenvalue weighted by Crippen LogP contribution is -2.39. The fourth-order valence-corrected chi connectivity index (χ4v) is 1.22. The Labute approximate surface area is 87.2 Å². The summed E-state index contributed by atoms with van der Waals surface area (Å²) < 4.78 is 0. The van der Waals surface area contributed by atoms with Crippen LogP contribution in [0.15, 0.2) is 12.7 Å². The topological polar surface area (TPSA) is 32.3 Å². The third kappa shape index (κ3) is 6.66. The number of carbonyl (C=O) groups excluding carboxylic acids is 1. The first-order valence-electron chi connectivity index (χ1n) is 4.92. The highest BCUT2D eigenvalue weighted by molar-refractivity contribution is 5.78. The molecule has 1 N–H and O–H groups in total. The molecule has 0 aliphatic carbocycles. The number of hydrogen-bond donors (Lipinski definition) is 1. The zero-order valence-corrected chi connectivity index (χ0v) is 9.76. The molecule has 0 saturated heterocycles. The molecule has 3 nitrogen and oxygen atoms in total. The summed E-state index contributed by atoms with van der Waals surface area (Å²) in [7, 11) is 1.84. The Morgan fingerprint density at radius 1 is 1.50 bits per heavy atom. The van der Waals surface area contributed by atoms with Crippen LogP contribution in [-0.2, 0) is 4.79 Å². The third-order valence-corrected chi connectivity index (χ3v) is 1.70. The monoisotopic (exact) mass is 198 g/mol. The molecular weight excluding hydrogens is 176 g/mol. The molecule has 0 aliphatic rings. The maximum absolute atomic E-state index is 11.5. The maximum Gasteiger partial charge on any atom is 0.236 e. The fraction of sp³-hybridized carbons (Fsp3) is 0.727. The van der Waals surface area contributed by atoms with E-state index in [0.717, 1.165) is 6.54 Å². The van der Waals surface area contributed by atoms with Crippen molar-refractivity contribution in [3.05, 3.63) is 12.7 Å². The quantitative estimate of drug-likeness (QED) is 0.533. The second-order valence-corrected chi connectivity index (χ2v) is 4.73. The number of hydrogen-bond acceptors (Lipinski definition) is 2. The molecule has 0 atom stereocenters. The van der Waals surface area contributed by atoms with E-state index in [1.54, 1.807) is 11.0 Å². The van der Waals surface area contributed by atoms with Crippen LogP contribution in [-0.4, -0.2) is 37.5 Å².